The predicted octanol–water partition coefficient (Wildman–Crippen LogP) is 6.44. The van der Waals surface area contributed by atoms with Crippen molar-refractivity contribution in [1.29, 1.82) is 0 Å². The van der Waals surface area contributed by atoms with Gasteiger partial charge < -0.3 is 9.73 Å². The molecule has 4 aromatic rings. The lowest BCUT2D eigenvalue weighted by Gasteiger charge is -2.24. The van der Waals surface area contributed by atoms with E-state index in [0.29, 0.717) is 17.3 Å². The molecule has 35 heavy (non-hydrogen) atoms. The number of hydrogen-bond donors (Lipinski definition) is 1. The van der Waals surface area contributed by atoms with Gasteiger partial charge in [0.1, 0.15) is 11.2 Å². The van der Waals surface area contributed by atoms with Crippen molar-refractivity contribution in [2.45, 2.75) is 19.0 Å². The van der Waals surface area contributed by atoms with Crippen molar-refractivity contribution in [3.8, 4) is 0 Å². The van der Waals surface area contributed by atoms with E-state index in [1.54, 1.807) is 12.1 Å². The minimum absolute atomic E-state index is 0.0539. The van der Waals surface area contributed by atoms with E-state index in [0.717, 1.165) is 39.0 Å². The third-order valence-electron chi connectivity index (χ3n) is 5.37. The molecule has 1 heterocycles. The third-order valence-corrected chi connectivity index (χ3v) is 6.87. The molecule has 11 heteroatoms. The summed E-state index contributed by atoms with van der Waals surface area (Å²) >= 11 is 6.01. The van der Waals surface area contributed by atoms with Crippen LogP contribution in [0.15, 0.2) is 65.1 Å². The Labute approximate surface area is 204 Å². The summed E-state index contributed by atoms with van der Waals surface area (Å²) in [6.07, 6.45) is -3.81. The fraction of sp³-hybridized carbons (Fsp3) is 0.208. The monoisotopic (exact) mass is 524 g/mol. The van der Waals surface area contributed by atoms with Gasteiger partial charge in [-0.1, -0.05) is 29.8 Å². The van der Waals surface area contributed by atoms with E-state index in [2.05, 4.69) is 5.32 Å². The van der Waals surface area contributed by atoms with Gasteiger partial charge in [0, 0.05) is 35.5 Å². The van der Waals surface area contributed by atoms with Crippen molar-refractivity contribution in [3.05, 3.63) is 71.2 Å². The Bertz CT molecular complexity index is 1520. The summed E-state index contributed by atoms with van der Waals surface area (Å²) in [5.41, 5.74) is 0.512. The van der Waals surface area contributed by atoms with Crippen molar-refractivity contribution in [1.82, 2.24) is 0 Å². The van der Waals surface area contributed by atoms with Crippen LogP contribution in [0.3, 0.4) is 0 Å². The quantitative estimate of drug-likeness (QED) is 0.301. The van der Waals surface area contributed by atoms with Crippen molar-refractivity contribution < 1.29 is 30.8 Å². The van der Waals surface area contributed by atoms with E-state index >= 15 is 0 Å². The van der Waals surface area contributed by atoms with Crippen molar-refractivity contribution in [3.63, 3.8) is 0 Å². The van der Waals surface area contributed by atoms with Gasteiger partial charge in [0.15, 0.2) is 0 Å². The smallest absolute Gasteiger partial charge is 0.416 e. The number of alkyl halides is 3. The van der Waals surface area contributed by atoms with E-state index < -0.39 is 21.8 Å². The van der Waals surface area contributed by atoms with Gasteiger partial charge in [-0.2, -0.15) is 13.2 Å². The highest BCUT2D eigenvalue weighted by Crippen LogP contribution is 2.36. The Hall–Kier alpha value is -3.24. The van der Waals surface area contributed by atoms with Crippen LogP contribution in [-0.4, -0.2) is 27.1 Å². The minimum atomic E-state index is -4.66. The number of para-hydroxylation sites is 1. The Morgan fingerprint density at radius 1 is 1.03 bits per heavy atom. The zero-order chi connectivity index (χ0) is 25.4. The number of amides is 1. The van der Waals surface area contributed by atoms with E-state index in [4.69, 9.17) is 16.0 Å². The number of halogens is 4. The summed E-state index contributed by atoms with van der Waals surface area (Å²) in [5.74, 6) is -0.385. The molecule has 1 amide bonds. The highest BCUT2D eigenvalue weighted by atomic mass is 35.5. The first-order valence-corrected chi connectivity index (χ1v) is 12.7. The van der Waals surface area contributed by atoms with Gasteiger partial charge in [-0.25, -0.2) is 8.42 Å². The van der Waals surface area contributed by atoms with Gasteiger partial charge in [0.2, 0.25) is 15.9 Å². The lowest BCUT2D eigenvalue weighted by molar-refractivity contribution is -0.137. The Morgan fingerprint density at radius 2 is 1.74 bits per heavy atom. The molecule has 184 valence electrons. The number of anilines is 2. The van der Waals surface area contributed by atoms with Crippen LogP contribution in [0.1, 0.15) is 18.4 Å². The molecule has 1 aromatic heterocycles. The summed E-state index contributed by atoms with van der Waals surface area (Å²) in [4.78, 5) is 12.5. The molecule has 4 rings (SSSR count). The maximum Gasteiger partial charge on any atom is 0.416 e. The number of nitrogens with one attached hydrogen (secondary N) is 1. The highest BCUT2D eigenvalue weighted by Gasteiger charge is 2.32. The number of carbonyl (C=O) groups excluding carboxylic acids is 1. The van der Waals surface area contributed by atoms with Crippen molar-refractivity contribution in [2.24, 2.45) is 0 Å². The van der Waals surface area contributed by atoms with Crippen molar-refractivity contribution >= 4 is 60.8 Å². The van der Waals surface area contributed by atoms with E-state index in [9.17, 15) is 26.4 Å². The molecule has 0 atom stereocenters. The van der Waals surface area contributed by atoms with Crippen LogP contribution in [0.5, 0.6) is 0 Å². The van der Waals surface area contributed by atoms with Gasteiger partial charge in [-0.3, -0.25) is 9.10 Å². The molecule has 0 spiro atoms. The molecule has 0 unspecified atom stereocenters. The molecule has 6 nitrogen and oxygen atoms in total. The standard InChI is InChI=1S/C24H20ClF3N2O4S/c1-35(32,33)30(20-13-15(24(26,27)28)8-11-19(20)25)12-4-7-23(31)29-16-9-10-18-17-5-2-3-6-21(17)34-22(18)14-16/h2-3,5-6,8-11,13-14H,4,7,12H2,1H3,(H,29,31). The fourth-order valence-electron chi connectivity index (χ4n) is 3.76. The number of carbonyl (C=O) groups is 1. The Kier molecular flexibility index (Phi) is 6.70. The van der Waals surface area contributed by atoms with E-state index in [-0.39, 0.29) is 36.0 Å². The SMILES string of the molecule is CS(=O)(=O)N(CCCC(=O)Nc1ccc2c(c1)oc1ccccc12)c1cc(C(F)(F)F)ccc1Cl. The van der Waals surface area contributed by atoms with Crippen molar-refractivity contribution in [2.75, 3.05) is 22.4 Å². The molecule has 0 fully saturated rings. The van der Waals surface area contributed by atoms with E-state index in [1.807, 2.05) is 30.3 Å². The van der Waals surface area contributed by atoms with Crippen LogP contribution in [-0.2, 0) is 21.0 Å². The summed E-state index contributed by atoms with van der Waals surface area (Å²) in [7, 11) is -3.96. The second kappa shape index (κ2) is 9.43. The lowest BCUT2D eigenvalue weighted by Crippen LogP contribution is -2.32. The molecule has 0 bridgehead atoms. The van der Waals surface area contributed by atoms with Crippen LogP contribution in [0.2, 0.25) is 5.02 Å². The van der Waals surface area contributed by atoms with Crippen LogP contribution >= 0.6 is 11.6 Å². The molecular weight excluding hydrogens is 505 g/mol. The third kappa shape index (κ3) is 5.54. The lowest BCUT2D eigenvalue weighted by atomic mass is 10.1. The molecule has 0 saturated heterocycles. The van der Waals surface area contributed by atoms with Gasteiger partial charge in [-0.15, -0.1) is 0 Å². The van der Waals surface area contributed by atoms with Gasteiger partial charge in [-0.05, 0) is 42.8 Å². The highest BCUT2D eigenvalue weighted by molar-refractivity contribution is 7.92. The minimum Gasteiger partial charge on any atom is -0.456 e. The molecule has 0 aliphatic heterocycles. The molecule has 1 N–H and O–H groups in total. The molecule has 0 radical (unpaired) electrons. The molecule has 0 saturated carbocycles. The largest absolute Gasteiger partial charge is 0.456 e. The number of hydrogen-bond acceptors (Lipinski definition) is 4. The Balaban J connectivity index is 1.45. The normalized spacial score (nSPS) is 12.3. The van der Waals surface area contributed by atoms with Gasteiger partial charge in [0.05, 0.1) is 22.5 Å². The summed E-state index contributed by atoms with van der Waals surface area (Å²) in [6.45, 7) is -0.226. The zero-order valence-electron chi connectivity index (χ0n) is 18.4. The number of furan rings is 1. The van der Waals surface area contributed by atoms with Crippen LogP contribution in [0.4, 0.5) is 24.5 Å². The second-order valence-electron chi connectivity index (χ2n) is 7.96. The average Bonchev–Trinajstić information content (AvgIpc) is 3.13. The van der Waals surface area contributed by atoms with Crippen LogP contribution in [0, 0.1) is 0 Å². The molecule has 0 aliphatic carbocycles. The first-order chi connectivity index (χ1) is 16.4. The average molecular weight is 525 g/mol. The van der Waals surface area contributed by atoms with E-state index in [1.165, 1.54) is 0 Å². The maximum absolute atomic E-state index is 13.1. The predicted molar refractivity (Wildman–Crippen MR) is 130 cm³/mol. The summed E-state index contributed by atoms with van der Waals surface area (Å²) < 4.78 is 70.5. The van der Waals surface area contributed by atoms with Gasteiger partial charge in [0.25, 0.3) is 0 Å². The van der Waals surface area contributed by atoms with Gasteiger partial charge >= 0.3 is 6.18 Å². The summed E-state index contributed by atoms with van der Waals surface area (Å²) in [6, 6.07) is 15.3. The number of benzene rings is 3. The number of sulfonamides is 1. The topological polar surface area (TPSA) is 79.6 Å². The second-order valence-corrected chi connectivity index (χ2v) is 10.3. The molecular formula is C24H20ClF3N2O4S. The summed E-state index contributed by atoms with van der Waals surface area (Å²) in [5, 5.41) is 4.44. The zero-order valence-corrected chi connectivity index (χ0v) is 20.0. The Morgan fingerprint density at radius 3 is 2.46 bits per heavy atom. The molecule has 0 aliphatic rings. The van der Waals surface area contributed by atoms with Crippen LogP contribution in [0.25, 0.3) is 21.9 Å². The first kappa shape index (κ1) is 24.9. The molecule has 3 aromatic carbocycles. The fourth-order valence-corrected chi connectivity index (χ4v) is 4.99. The van der Waals surface area contributed by atoms with Crippen LogP contribution < -0.4 is 9.62 Å². The number of rotatable bonds is 7. The maximum atomic E-state index is 13.1. The number of fused-ring (bicyclic) bond motifs is 3. The number of nitrogens with zero attached hydrogens (tertiary/aromatic N) is 1. The first-order valence-electron chi connectivity index (χ1n) is 10.5.